The maximum absolute atomic E-state index is 10.3. The molecule has 5 heteroatoms. The Hall–Kier alpha value is -1.20. The number of guanidine groups is 1. The van der Waals surface area contributed by atoms with E-state index >= 15 is 0 Å². The molecule has 0 spiro atoms. The van der Waals surface area contributed by atoms with E-state index in [1.54, 1.807) is 0 Å². The molecule has 1 aromatic rings. The van der Waals surface area contributed by atoms with Crippen LogP contribution in [0.5, 0.6) is 0 Å². The van der Waals surface area contributed by atoms with E-state index in [0.29, 0.717) is 6.54 Å². The Morgan fingerprint density at radius 3 is 2.70 bits per heavy atom. The summed E-state index contributed by atoms with van der Waals surface area (Å²) in [5.74, 6) is 2.02. The number of aliphatic hydroxyl groups excluding tert-OH is 1. The topological polar surface area (TPSA) is 56.7 Å². The van der Waals surface area contributed by atoms with Crippen molar-refractivity contribution in [2.45, 2.75) is 44.5 Å². The minimum atomic E-state index is -0.532. The molecule has 0 bridgehead atoms. The third-order valence-electron chi connectivity index (χ3n) is 4.14. The van der Waals surface area contributed by atoms with Gasteiger partial charge >= 0.3 is 0 Å². The van der Waals surface area contributed by atoms with Crippen molar-refractivity contribution in [3.8, 4) is 0 Å². The van der Waals surface area contributed by atoms with Crippen LogP contribution in [0.3, 0.4) is 0 Å². The molecule has 128 valence electrons. The molecule has 1 heterocycles. The van der Waals surface area contributed by atoms with Crippen molar-refractivity contribution in [2.24, 2.45) is 4.99 Å². The lowest BCUT2D eigenvalue weighted by molar-refractivity contribution is 0.181. The van der Waals surface area contributed by atoms with Gasteiger partial charge in [-0.15, -0.1) is 0 Å². The highest BCUT2D eigenvalue weighted by atomic mass is 32.2. The summed E-state index contributed by atoms with van der Waals surface area (Å²) in [5, 5.41) is 16.8. The zero-order chi connectivity index (χ0) is 16.7. The summed E-state index contributed by atoms with van der Waals surface area (Å²) >= 11 is 2.02. The molecule has 2 rings (SSSR count). The molecule has 0 amide bonds. The van der Waals surface area contributed by atoms with E-state index in [-0.39, 0.29) is 4.75 Å². The number of hydrogen-bond donors (Lipinski definition) is 3. The molecule has 1 aliphatic heterocycles. The van der Waals surface area contributed by atoms with E-state index in [4.69, 9.17) is 4.99 Å². The SMILES string of the molecule is CCNC(=NCC1(C)CCCS1)NCC(O)c1ccc(C)cc1. The van der Waals surface area contributed by atoms with Gasteiger partial charge in [-0.25, -0.2) is 0 Å². The third kappa shape index (κ3) is 5.74. The van der Waals surface area contributed by atoms with Gasteiger partial charge in [-0.3, -0.25) is 4.99 Å². The minimum absolute atomic E-state index is 0.262. The molecular formula is C18H29N3OS. The largest absolute Gasteiger partial charge is 0.387 e. The van der Waals surface area contributed by atoms with E-state index in [0.717, 1.165) is 24.6 Å². The summed E-state index contributed by atoms with van der Waals surface area (Å²) in [6.45, 7) is 8.48. The van der Waals surface area contributed by atoms with Crippen LogP contribution in [-0.2, 0) is 0 Å². The van der Waals surface area contributed by atoms with Crippen LogP contribution in [-0.4, -0.2) is 41.2 Å². The highest BCUT2D eigenvalue weighted by molar-refractivity contribution is 8.00. The molecule has 2 atom stereocenters. The number of aliphatic imine (C=N–C) groups is 1. The first kappa shape index (κ1) is 18.1. The van der Waals surface area contributed by atoms with Crippen molar-refractivity contribution in [2.75, 3.05) is 25.4 Å². The van der Waals surface area contributed by atoms with Crippen LogP contribution < -0.4 is 10.6 Å². The van der Waals surface area contributed by atoms with Gasteiger partial charge in [0.25, 0.3) is 0 Å². The van der Waals surface area contributed by atoms with Crippen LogP contribution in [0.4, 0.5) is 0 Å². The summed E-state index contributed by atoms with van der Waals surface area (Å²) in [5.41, 5.74) is 2.13. The second-order valence-corrected chi connectivity index (χ2v) is 8.09. The zero-order valence-electron chi connectivity index (χ0n) is 14.4. The van der Waals surface area contributed by atoms with E-state index in [1.807, 2.05) is 43.0 Å². The molecule has 1 saturated heterocycles. The van der Waals surface area contributed by atoms with E-state index in [9.17, 15) is 5.11 Å². The Kier molecular flexibility index (Phi) is 6.78. The third-order valence-corrected chi connectivity index (χ3v) is 5.66. The molecule has 23 heavy (non-hydrogen) atoms. The number of nitrogens with zero attached hydrogens (tertiary/aromatic N) is 1. The van der Waals surface area contributed by atoms with E-state index in [2.05, 4.69) is 24.5 Å². The molecule has 1 aliphatic rings. The maximum Gasteiger partial charge on any atom is 0.191 e. The molecule has 3 N–H and O–H groups in total. The number of rotatable bonds is 6. The van der Waals surface area contributed by atoms with Gasteiger partial charge in [-0.1, -0.05) is 29.8 Å². The van der Waals surface area contributed by atoms with Crippen LogP contribution in [0.15, 0.2) is 29.3 Å². The van der Waals surface area contributed by atoms with Gasteiger partial charge in [-0.05, 0) is 44.9 Å². The van der Waals surface area contributed by atoms with Gasteiger partial charge in [-0.2, -0.15) is 11.8 Å². The Morgan fingerprint density at radius 2 is 2.09 bits per heavy atom. The Morgan fingerprint density at radius 1 is 1.35 bits per heavy atom. The lowest BCUT2D eigenvalue weighted by Crippen LogP contribution is -2.40. The highest BCUT2D eigenvalue weighted by Gasteiger charge is 2.29. The molecule has 0 aromatic heterocycles. The number of aryl methyl sites for hydroxylation is 1. The van der Waals surface area contributed by atoms with Gasteiger partial charge in [0.05, 0.1) is 12.6 Å². The molecule has 1 aromatic carbocycles. The lowest BCUT2D eigenvalue weighted by Gasteiger charge is -2.21. The van der Waals surface area contributed by atoms with Crippen LogP contribution in [0, 0.1) is 6.92 Å². The number of nitrogens with one attached hydrogen (secondary N) is 2. The average Bonchev–Trinajstić information content (AvgIpc) is 2.97. The van der Waals surface area contributed by atoms with E-state index in [1.165, 1.54) is 24.2 Å². The molecule has 0 radical (unpaired) electrons. The van der Waals surface area contributed by atoms with Crippen molar-refractivity contribution in [3.05, 3.63) is 35.4 Å². The summed E-state index contributed by atoms with van der Waals surface area (Å²) < 4.78 is 0.262. The maximum atomic E-state index is 10.3. The second kappa shape index (κ2) is 8.60. The predicted octanol–water partition coefficient (Wildman–Crippen LogP) is 2.87. The summed E-state index contributed by atoms with van der Waals surface area (Å²) in [4.78, 5) is 4.71. The molecule has 1 fully saturated rings. The van der Waals surface area contributed by atoms with Crippen LogP contribution in [0.2, 0.25) is 0 Å². The van der Waals surface area contributed by atoms with Gasteiger partial charge in [0.15, 0.2) is 5.96 Å². The van der Waals surface area contributed by atoms with E-state index < -0.39 is 6.10 Å². The molecule has 0 aliphatic carbocycles. The van der Waals surface area contributed by atoms with Crippen LogP contribution in [0.25, 0.3) is 0 Å². The van der Waals surface area contributed by atoms with Crippen molar-refractivity contribution in [3.63, 3.8) is 0 Å². The number of benzene rings is 1. The Labute approximate surface area is 144 Å². The summed E-state index contributed by atoms with van der Waals surface area (Å²) in [7, 11) is 0. The van der Waals surface area contributed by atoms with Crippen LogP contribution in [0.1, 0.15) is 43.9 Å². The fourth-order valence-electron chi connectivity index (χ4n) is 2.65. The highest BCUT2D eigenvalue weighted by Crippen LogP contribution is 2.37. The normalized spacial score (nSPS) is 22.9. The fourth-order valence-corrected chi connectivity index (χ4v) is 3.88. The predicted molar refractivity (Wildman–Crippen MR) is 100 cm³/mol. The van der Waals surface area contributed by atoms with Crippen molar-refractivity contribution in [1.29, 1.82) is 0 Å². The summed E-state index contributed by atoms with van der Waals surface area (Å²) in [6, 6.07) is 8.00. The molecule has 4 nitrogen and oxygen atoms in total. The molecule has 2 unspecified atom stereocenters. The first-order valence-electron chi connectivity index (χ1n) is 8.43. The van der Waals surface area contributed by atoms with Gasteiger partial charge in [0.2, 0.25) is 0 Å². The monoisotopic (exact) mass is 335 g/mol. The number of thioether (sulfide) groups is 1. The number of aliphatic hydroxyl groups is 1. The Bertz CT molecular complexity index is 510. The molecular weight excluding hydrogens is 306 g/mol. The second-order valence-electron chi connectivity index (χ2n) is 6.40. The van der Waals surface area contributed by atoms with Gasteiger partial charge in [0.1, 0.15) is 0 Å². The van der Waals surface area contributed by atoms with Crippen molar-refractivity contribution < 1.29 is 5.11 Å². The first-order chi connectivity index (χ1) is 11.0. The van der Waals surface area contributed by atoms with Gasteiger partial charge < -0.3 is 15.7 Å². The van der Waals surface area contributed by atoms with Crippen LogP contribution >= 0.6 is 11.8 Å². The number of hydrogen-bond acceptors (Lipinski definition) is 3. The standard InChI is InChI=1S/C18H29N3OS/c1-4-19-17(21-13-18(3)10-5-11-23-18)20-12-16(22)15-8-6-14(2)7-9-15/h6-9,16,22H,4-5,10-13H2,1-3H3,(H2,19,20,21). The smallest absolute Gasteiger partial charge is 0.191 e. The molecule has 0 saturated carbocycles. The Balaban J connectivity index is 1.89. The lowest BCUT2D eigenvalue weighted by atomic mass is 10.1. The zero-order valence-corrected chi connectivity index (χ0v) is 15.2. The van der Waals surface area contributed by atoms with Crippen molar-refractivity contribution in [1.82, 2.24) is 10.6 Å². The fraction of sp³-hybridized carbons (Fsp3) is 0.611. The van der Waals surface area contributed by atoms with Crippen molar-refractivity contribution >= 4 is 17.7 Å². The minimum Gasteiger partial charge on any atom is -0.387 e. The quantitative estimate of drug-likeness (QED) is 0.553. The average molecular weight is 336 g/mol. The summed E-state index contributed by atoms with van der Waals surface area (Å²) in [6.07, 6.45) is 1.98. The van der Waals surface area contributed by atoms with Gasteiger partial charge in [0, 0.05) is 17.8 Å². The first-order valence-corrected chi connectivity index (χ1v) is 9.42.